The summed E-state index contributed by atoms with van der Waals surface area (Å²) in [6.45, 7) is 1.65. The lowest BCUT2D eigenvalue weighted by Crippen LogP contribution is -2.30. The molecule has 0 heterocycles. The van der Waals surface area contributed by atoms with E-state index in [9.17, 15) is 4.79 Å². The molecule has 2 aromatic rings. The van der Waals surface area contributed by atoms with Crippen LogP contribution in [-0.2, 0) is 4.79 Å². The zero-order chi connectivity index (χ0) is 15.4. The first kappa shape index (κ1) is 16.1. The van der Waals surface area contributed by atoms with Crippen molar-refractivity contribution in [2.24, 2.45) is 0 Å². The van der Waals surface area contributed by atoms with Crippen molar-refractivity contribution in [3.05, 3.63) is 57.0 Å². The number of nitrogens with one attached hydrogen (secondary N) is 1. The van der Waals surface area contributed by atoms with E-state index in [0.29, 0.717) is 21.5 Å². The van der Waals surface area contributed by atoms with Crippen molar-refractivity contribution in [2.45, 2.75) is 13.0 Å². The van der Waals surface area contributed by atoms with E-state index in [-0.39, 0.29) is 5.91 Å². The zero-order valence-electron chi connectivity index (χ0n) is 11.1. The Hall–Kier alpha value is -1.23. The van der Waals surface area contributed by atoms with Crippen molar-refractivity contribution in [3.8, 4) is 5.75 Å². The standard InChI is InChI=1S/C15H12BrCl2NO2/c1-9(21-12-4-2-3-11(17)8-12)15(20)19-14-7-10(16)5-6-13(14)18/h2-9H,1H3,(H,19,20). The minimum atomic E-state index is -0.682. The highest BCUT2D eigenvalue weighted by molar-refractivity contribution is 9.10. The number of rotatable bonds is 4. The van der Waals surface area contributed by atoms with Crippen LogP contribution < -0.4 is 10.1 Å². The lowest BCUT2D eigenvalue weighted by Gasteiger charge is -2.15. The minimum Gasteiger partial charge on any atom is -0.481 e. The molecule has 2 rings (SSSR count). The topological polar surface area (TPSA) is 38.3 Å². The largest absolute Gasteiger partial charge is 0.481 e. The third kappa shape index (κ3) is 4.63. The van der Waals surface area contributed by atoms with Gasteiger partial charge in [-0.25, -0.2) is 0 Å². The fourth-order valence-corrected chi connectivity index (χ4v) is 2.33. The minimum absolute atomic E-state index is 0.296. The summed E-state index contributed by atoms with van der Waals surface area (Å²) in [7, 11) is 0. The number of hydrogen-bond acceptors (Lipinski definition) is 2. The summed E-state index contributed by atoms with van der Waals surface area (Å²) in [6, 6.07) is 12.1. The van der Waals surface area contributed by atoms with Gasteiger partial charge < -0.3 is 10.1 Å². The Kier molecular flexibility index (Phi) is 5.51. The molecule has 0 aliphatic rings. The number of hydrogen-bond donors (Lipinski definition) is 1. The summed E-state index contributed by atoms with van der Waals surface area (Å²) in [6.07, 6.45) is -0.682. The maximum absolute atomic E-state index is 12.1. The Labute approximate surface area is 141 Å². The number of halogens is 3. The average Bonchev–Trinajstić information content (AvgIpc) is 2.43. The molecule has 0 saturated carbocycles. The van der Waals surface area contributed by atoms with E-state index in [2.05, 4.69) is 21.2 Å². The summed E-state index contributed by atoms with van der Waals surface area (Å²) >= 11 is 15.2. The van der Waals surface area contributed by atoms with Crippen LogP contribution in [-0.4, -0.2) is 12.0 Å². The van der Waals surface area contributed by atoms with Crippen molar-refractivity contribution in [1.82, 2.24) is 0 Å². The monoisotopic (exact) mass is 387 g/mol. The molecule has 0 saturated heterocycles. The third-order valence-electron chi connectivity index (χ3n) is 2.66. The van der Waals surface area contributed by atoms with E-state index in [1.807, 2.05) is 0 Å². The number of ether oxygens (including phenoxy) is 1. The van der Waals surface area contributed by atoms with Gasteiger partial charge in [0.15, 0.2) is 6.10 Å². The van der Waals surface area contributed by atoms with Gasteiger partial charge in [-0.05, 0) is 43.3 Å². The molecule has 0 fully saturated rings. The highest BCUT2D eigenvalue weighted by Gasteiger charge is 2.16. The second kappa shape index (κ2) is 7.16. The number of carbonyl (C=O) groups is 1. The quantitative estimate of drug-likeness (QED) is 0.785. The second-order valence-electron chi connectivity index (χ2n) is 4.33. The highest BCUT2D eigenvalue weighted by Crippen LogP contribution is 2.26. The SMILES string of the molecule is CC(Oc1cccc(Cl)c1)C(=O)Nc1cc(Br)ccc1Cl. The molecule has 0 aliphatic heterocycles. The molecule has 0 spiro atoms. The Morgan fingerprint density at radius 3 is 2.71 bits per heavy atom. The van der Waals surface area contributed by atoms with Gasteiger partial charge in [-0.2, -0.15) is 0 Å². The van der Waals surface area contributed by atoms with E-state index in [0.717, 1.165) is 4.47 Å². The zero-order valence-corrected chi connectivity index (χ0v) is 14.2. The molecule has 1 atom stereocenters. The molecule has 6 heteroatoms. The summed E-state index contributed by atoms with van der Waals surface area (Å²) in [5, 5.41) is 3.74. The fraction of sp³-hybridized carbons (Fsp3) is 0.133. The maximum atomic E-state index is 12.1. The van der Waals surface area contributed by atoms with E-state index < -0.39 is 6.10 Å². The van der Waals surface area contributed by atoms with Crippen LogP contribution in [0.1, 0.15) is 6.92 Å². The smallest absolute Gasteiger partial charge is 0.265 e. The van der Waals surface area contributed by atoms with Crippen molar-refractivity contribution in [2.75, 3.05) is 5.32 Å². The normalized spacial score (nSPS) is 11.8. The van der Waals surface area contributed by atoms with Gasteiger partial charge in [-0.3, -0.25) is 4.79 Å². The fourth-order valence-electron chi connectivity index (χ4n) is 1.63. The van der Waals surface area contributed by atoms with Crippen LogP contribution in [0.2, 0.25) is 10.0 Å². The summed E-state index contributed by atoms with van der Waals surface area (Å²) < 4.78 is 6.37. The molecule has 21 heavy (non-hydrogen) atoms. The van der Waals surface area contributed by atoms with Crippen LogP contribution in [0, 0.1) is 0 Å². The predicted octanol–water partition coefficient (Wildman–Crippen LogP) is 5.16. The third-order valence-corrected chi connectivity index (χ3v) is 3.72. The van der Waals surface area contributed by atoms with Crippen molar-refractivity contribution >= 4 is 50.7 Å². The van der Waals surface area contributed by atoms with Gasteiger partial charge in [0.25, 0.3) is 5.91 Å². The van der Waals surface area contributed by atoms with Crippen LogP contribution in [0.25, 0.3) is 0 Å². The van der Waals surface area contributed by atoms with E-state index in [1.54, 1.807) is 49.4 Å². The van der Waals surface area contributed by atoms with Crippen molar-refractivity contribution in [1.29, 1.82) is 0 Å². The number of carbonyl (C=O) groups excluding carboxylic acids is 1. The molecule has 1 unspecified atom stereocenters. The van der Waals surface area contributed by atoms with Crippen molar-refractivity contribution < 1.29 is 9.53 Å². The molecule has 0 radical (unpaired) electrons. The highest BCUT2D eigenvalue weighted by atomic mass is 79.9. The number of benzene rings is 2. The summed E-state index contributed by atoms with van der Waals surface area (Å²) in [4.78, 5) is 12.1. The first-order valence-electron chi connectivity index (χ1n) is 6.14. The van der Waals surface area contributed by atoms with Gasteiger partial charge in [0.2, 0.25) is 0 Å². The van der Waals surface area contributed by atoms with Gasteiger partial charge in [0.05, 0.1) is 10.7 Å². The van der Waals surface area contributed by atoms with Gasteiger partial charge >= 0.3 is 0 Å². The van der Waals surface area contributed by atoms with Gasteiger partial charge in [-0.15, -0.1) is 0 Å². The van der Waals surface area contributed by atoms with Crippen molar-refractivity contribution in [3.63, 3.8) is 0 Å². The molecule has 1 N–H and O–H groups in total. The summed E-state index contributed by atoms with van der Waals surface area (Å²) in [5.74, 6) is 0.237. The molecule has 2 aromatic carbocycles. The van der Waals surface area contributed by atoms with Gasteiger partial charge in [0.1, 0.15) is 5.75 Å². The molecule has 110 valence electrons. The van der Waals surface area contributed by atoms with Crippen LogP contribution in [0.15, 0.2) is 46.9 Å². The lowest BCUT2D eigenvalue weighted by atomic mass is 10.3. The van der Waals surface area contributed by atoms with Crippen LogP contribution in [0.3, 0.4) is 0 Å². The molecule has 3 nitrogen and oxygen atoms in total. The molecule has 1 amide bonds. The predicted molar refractivity (Wildman–Crippen MR) is 89.3 cm³/mol. The molecular weight excluding hydrogens is 377 g/mol. The molecule has 0 bridgehead atoms. The van der Waals surface area contributed by atoms with E-state index in [1.165, 1.54) is 0 Å². The molecule has 0 aliphatic carbocycles. The van der Waals surface area contributed by atoms with Crippen LogP contribution in [0.4, 0.5) is 5.69 Å². The number of amides is 1. The first-order valence-corrected chi connectivity index (χ1v) is 7.69. The summed E-state index contributed by atoms with van der Waals surface area (Å²) in [5.41, 5.74) is 0.526. The maximum Gasteiger partial charge on any atom is 0.265 e. The van der Waals surface area contributed by atoms with Crippen LogP contribution in [0.5, 0.6) is 5.75 Å². The Morgan fingerprint density at radius 2 is 2.00 bits per heavy atom. The van der Waals surface area contributed by atoms with Crippen LogP contribution >= 0.6 is 39.1 Å². The first-order chi connectivity index (χ1) is 9.95. The average molecular weight is 389 g/mol. The Balaban J connectivity index is 2.04. The Bertz CT molecular complexity index is 664. The Morgan fingerprint density at radius 1 is 1.24 bits per heavy atom. The second-order valence-corrected chi connectivity index (χ2v) is 6.09. The van der Waals surface area contributed by atoms with Gasteiger partial charge in [-0.1, -0.05) is 45.2 Å². The lowest BCUT2D eigenvalue weighted by molar-refractivity contribution is -0.122. The van der Waals surface area contributed by atoms with E-state index >= 15 is 0 Å². The van der Waals surface area contributed by atoms with Gasteiger partial charge in [0, 0.05) is 9.50 Å². The number of anilines is 1. The van der Waals surface area contributed by atoms with E-state index in [4.69, 9.17) is 27.9 Å². The molecular formula is C15H12BrCl2NO2. The molecule has 0 aromatic heterocycles.